The molecule has 2 N–H and O–H groups in total. The fourth-order valence-electron chi connectivity index (χ4n) is 2.75. The van der Waals surface area contributed by atoms with Crippen LogP contribution in [-0.2, 0) is 4.74 Å². The molecule has 0 bridgehead atoms. The molecular formula is C13H25N3O. The van der Waals surface area contributed by atoms with Crippen molar-refractivity contribution in [2.45, 2.75) is 57.0 Å². The third-order valence-electron chi connectivity index (χ3n) is 3.99. The molecule has 0 spiro atoms. The van der Waals surface area contributed by atoms with Crippen LogP contribution in [0.4, 0.5) is 0 Å². The van der Waals surface area contributed by atoms with Crippen LogP contribution in [0.5, 0.6) is 0 Å². The molecule has 0 unspecified atom stereocenters. The molecule has 2 rings (SSSR count). The minimum absolute atomic E-state index is 0.464. The lowest BCUT2D eigenvalue weighted by molar-refractivity contribution is 0.0601. The molecule has 1 saturated heterocycles. The van der Waals surface area contributed by atoms with E-state index in [0.717, 1.165) is 32.0 Å². The number of hydrogen-bond acceptors (Lipinski definition) is 2. The van der Waals surface area contributed by atoms with Gasteiger partial charge in [0.25, 0.3) is 0 Å². The van der Waals surface area contributed by atoms with Crippen LogP contribution in [0.25, 0.3) is 0 Å². The average Bonchev–Trinajstić information content (AvgIpc) is 2.40. The monoisotopic (exact) mass is 239 g/mol. The second kappa shape index (κ2) is 6.24. The Kier molecular flexibility index (Phi) is 4.66. The minimum atomic E-state index is 0.464. The van der Waals surface area contributed by atoms with E-state index in [1.54, 1.807) is 0 Å². The fraction of sp³-hybridized carbons (Fsp3) is 0.923. The Morgan fingerprint density at radius 2 is 1.76 bits per heavy atom. The summed E-state index contributed by atoms with van der Waals surface area (Å²) in [6.45, 7) is 1.71. The Morgan fingerprint density at radius 3 is 2.41 bits per heavy atom. The van der Waals surface area contributed by atoms with Gasteiger partial charge in [-0.05, 0) is 25.7 Å². The van der Waals surface area contributed by atoms with Crippen molar-refractivity contribution in [3.63, 3.8) is 0 Å². The first-order valence-corrected chi connectivity index (χ1v) is 6.91. The maximum atomic E-state index is 6.11. The predicted octanol–water partition coefficient (Wildman–Crippen LogP) is 1.74. The van der Waals surface area contributed by atoms with Crippen LogP contribution >= 0.6 is 0 Å². The van der Waals surface area contributed by atoms with Gasteiger partial charge in [0.2, 0.25) is 0 Å². The molecule has 17 heavy (non-hydrogen) atoms. The molecule has 1 heterocycles. The van der Waals surface area contributed by atoms with Crippen molar-refractivity contribution in [1.29, 1.82) is 0 Å². The highest BCUT2D eigenvalue weighted by Crippen LogP contribution is 2.21. The molecule has 0 atom stereocenters. The average molecular weight is 239 g/mol. The van der Waals surface area contributed by atoms with E-state index in [2.05, 4.69) is 11.9 Å². The van der Waals surface area contributed by atoms with Crippen molar-refractivity contribution < 1.29 is 4.74 Å². The molecule has 0 radical (unpaired) electrons. The Bertz CT molecular complexity index is 255. The summed E-state index contributed by atoms with van der Waals surface area (Å²) >= 11 is 0. The minimum Gasteiger partial charge on any atom is -0.381 e. The van der Waals surface area contributed by atoms with Gasteiger partial charge in [-0.25, -0.2) is 4.99 Å². The molecule has 0 aromatic rings. The largest absolute Gasteiger partial charge is 0.381 e. The summed E-state index contributed by atoms with van der Waals surface area (Å²) in [5.41, 5.74) is 6.11. The quantitative estimate of drug-likeness (QED) is 0.590. The van der Waals surface area contributed by atoms with Gasteiger partial charge in [0.05, 0.1) is 6.04 Å². The van der Waals surface area contributed by atoms with Gasteiger partial charge in [0, 0.05) is 26.3 Å². The van der Waals surface area contributed by atoms with E-state index in [0.29, 0.717) is 12.1 Å². The zero-order chi connectivity index (χ0) is 12.1. The molecular weight excluding hydrogens is 214 g/mol. The summed E-state index contributed by atoms with van der Waals surface area (Å²) in [5.74, 6) is 0.726. The molecule has 2 fully saturated rings. The zero-order valence-corrected chi connectivity index (χ0v) is 10.9. The van der Waals surface area contributed by atoms with Crippen molar-refractivity contribution in [2.24, 2.45) is 10.7 Å². The van der Waals surface area contributed by atoms with E-state index in [1.165, 1.54) is 32.1 Å². The Hall–Kier alpha value is -0.770. The molecule has 0 aromatic carbocycles. The van der Waals surface area contributed by atoms with E-state index in [9.17, 15) is 0 Å². The molecule has 1 aliphatic heterocycles. The summed E-state index contributed by atoms with van der Waals surface area (Å²) < 4.78 is 5.37. The zero-order valence-electron chi connectivity index (χ0n) is 10.9. The number of nitrogens with two attached hydrogens (primary N) is 1. The normalized spacial score (nSPS) is 24.9. The van der Waals surface area contributed by atoms with Crippen molar-refractivity contribution in [3.05, 3.63) is 0 Å². The van der Waals surface area contributed by atoms with Crippen LogP contribution in [-0.4, -0.2) is 43.2 Å². The van der Waals surface area contributed by atoms with Crippen LogP contribution < -0.4 is 5.73 Å². The summed E-state index contributed by atoms with van der Waals surface area (Å²) in [7, 11) is 2.07. The van der Waals surface area contributed by atoms with Gasteiger partial charge in [0.1, 0.15) is 0 Å². The number of guanidine groups is 1. The molecule has 2 aliphatic rings. The molecule has 98 valence electrons. The smallest absolute Gasteiger partial charge is 0.191 e. The lowest BCUT2D eigenvalue weighted by Crippen LogP contribution is -2.45. The number of nitrogens with zero attached hydrogens (tertiary/aromatic N) is 2. The third kappa shape index (κ3) is 3.60. The van der Waals surface area contributed by atoms with E-state index in [4.69, 9.17) is 15.5 Å². The van der Waals surface area contributed by atoms with Gasteiger partial charge in [0.15, 0.2) is 5.96 Å². The van der Waals surface area contributed by atoms with Crippen molar-refractivity contribution >= 4 is 5.96 Å². The summed E-state index contributed by atoms with van der Waals surface area (Å²) in [4.78, 5) is 6.84. The molecule has 4 nitrogen and oxygen atoms in total. The first-order valence-electron chi connectivity index (χ1n) is 6.91. The Morgan fingerprint density at radius 1 is 1.12 bits per heavy atom. The van der Waals surface area contributed by atoms with Gasteiger partial charge in [-0.2, -0.15) is 0 Å². The highest BCUT2D eigenvalue weighted by atomic mass is 16.5. The molecule has 0 aromatic heterocycles. The first kappa shape index (κ1) is 12.7. The van der Waals surface area contributed by atoms with E-state index in [1.807, 2.05) is 0 Å². The highest BCUT2D eigenvalue weighted by molar-refractivity contribution is 5.78. The standard InChI is InChI=1S/C13H25N3O/c1-16(12-7-9-17-10-8-12)13(14)15-11-5-3-2-4-6-11/h11-12H,2-10H2,1H3,(H2,14,15). The van der Waals surface area contributed by atoms with E-state index < -0.39 is 0 Å². The van der Waals surface area contributed by atoms with Crippen LogP contribution in [0.3, 0.4) is 0 Å². The summed E-state index contributed by atoms with van der Waals surface area (Å²) in [6, 6.07) is 0.974. The van der Waals surface area contributed by atoms with E-state index in [-0.39, 0.29) is 0 Å². The number of hydrogen-bond donors (Lipinski definition) is 1. The lowest BCUT2D eigenvalue weighted by Gasteiger charge is -2.32. The molecule has 1 saturated carbocycles. The Labute approximate surface area is 104 Å². The molecule has 1 aliphatic carbocycles. The first-order chi connectivity index (χ1) is 8.27. The van der Waals surface area contributed by atoms with Crippen LogP contribution in [0.15, 0.2) is 4.99 Å². The number of ether oxygens (including phenoxy) is 1. The van der Waals surface area contributed by atoms with Gasteiger partial charge in [-0.3, -0.25) is 0 Å². The number of aliphatic imine (C=N–C) groups is 1. The highest BCUT2D eigenvalue weighted by Gasteiger charge is 2.21. The van der Waals surface area contributed by atoms with E-state index >= 15 is 0 Å². The van der Waals surface area contributed by atoms with Gasteiger partial charge in [-0.15, -0.1) is 0 Å². The summed E-state index contributed by atoms with van der Waals surface area (Å²) in [6.07, 6.45) is 8.53. The SMILES string of the molecule is CN(C(N)=NC1CCCCC1)C1CCOCC1. The summed E-state index contributed by atoms with van der Waals surface area (Å²) in [5, 5.41) is 0. The van der Waals surface area contributed by atoms with Gasteiger partial charge < -0.3 is 15.4 Å². The van der Waals surface area contributed by atoms with Crippen LogP contribution in [0, 0.1) is 0 Å². The Balaban J connectivity index is 1.87. The fourth-order valence-corrected chi connectivity index (χ4v) is 2.75. The molecule has 4 heteroatoms. The topological polar surface area (TPSA) is 50.8 Å². The molecule has 0 amide bonds. The third-order valence-corrected chi connectivity index (χ3v) is 3.99. The maximum absolute atomic E-state index is 6.11. The number of rotatable bonds is 2. The van der Waals surface area contributed by atoms with Crippen LogP contribution in [0.2, 0.25) is 0 Å². The van der Waals surface area contributed by atoms with Crippen molar-refractivity contribution in [1.82, 2.24) is 4.90 Å². The van der Waals surface area contributed by atoms with Crippen LogP contribution in [0.1, 0.15) is 44.9 Å². The predicted molar refractivity (Wildman–Crippen MR) is 70.1 cm³/mol. The van der Waals surface area contributed by atoms with Gasteiger partial charge >= 0.3 is 0 Å². The maximum Gasteiger partial charge on any atom is 0.191 e. The van der Waals surface area contributed by atoms with Gasteiger partial charge in [-0.1, -0.05) is 19.3 Å². The van der Waals surface area contributed by atoms with Crippen molar-refractivity contribution in [3.8, 4) is 0 Å². The lowest BCUT2D eigenvalue weighted by atomic mass is 9.96. The second-order valence-corrected chi connectivity index (χ2v) is 5.23. The second-order valence-electron chi connectivity index (χ2n) is 5.23. The van der Waals surface area contributed by atoms with Crippen molar-refractivity contribution in [2.75, 3.05) is 20.3 Å².